The van der Waals surface area contributed by atoms with Gasteiger partial charge in [-0.25, -0.2) is 4.98 Å². The number of ether oxygens (including phenoxy) is 1. The Hall–Kier alpha value is -2.76. The molecule has 2 rings (SSSR count). The highest BCUT2D eigenvalue weighted by atomic mass is 16.5. The standard InChI is InChI=1S/C13H14N4O2/c1-19-11-5-3-2-4-10(11)17-12-6-8(13(15)18)9(14)7-16-12/h2-7H,14H2,1H3,(H2,15,18)(H,16,17). The monoisotopic (exact) mass is 258 g/mol. The van der Waals surface area contributed by atoms with Gasteiger partial charge >= 0.3 is 0 Å². The third-order valence-electron chi connectivity index (χ3n) is 2.57. The third-order valence-corrected chi connectivity index (χ3v) is 2.57. The molecule has 0 saturated carbocycles. The molecule has 0 bridgehead atoms. The summed E-state index contributed by atoms with van der Waals surface area (Å²) in [6.07, 6.45) is 1.39. The van der Waals surface area contributed by atoms with Gasteiger partial charge in [-0.05, 0) is 18.2 Å². The molecule has 6 nitrogen and oxygen atoms in total. The van der Waals surface area contributed by atoms with Crippen molar-refractivity contribution in [1.82, 2.24) is 4.98 Å². The number of primary amides is 1. The Kier molecular flexibility index (Phi) is 3.51. The number of methoxy groups -OCH3 is 1. The number of nitrogens with zero attached hydrogens (tertiary/aromatic N) is 1. The molecule has 0 fully saturated rings. The highest BCUT2D eigenvalue weighted by molar-refractivity contribution is 5.98. The smallest absolute Gasteiger partial charge is 0.250 e. The summed E-state index contributed by atoms with van der Waals surface area (Å²) in [5.41, 5.74) is 12.1. The number of nitrogens with one attached hydrogen (secondary N) is 1. The summed E-state index contributed by atoms with van der Waals surface area (Å²) in [6, 6.07) is 8.87. The summed E-state index contributed by atoms with van der Waals surface area (Å²) in [6.45, 7) is 0. The molecule has 0 aliphatic carbocycles. The summed E-state index contributed by atoms with van der Waals surface area (Å²) in [4.78, 5) is 15.3. The molecule has 1 heterocycles. The zero-order valence-electron chi connectivity index (χ0n) is 10.4. The first kappa shape index (κ1) is 12.7. The van der Waals surface area contributed by atoms with Gasteiger partial charge in [0.1, 0.15) is 11.6 Å². The molecule has 2 aromatic rings. The number of nitrogen functional groups attached to an aromatic ring is 1. The zero-order chi connectivity index (χ0) is 13.8. The molecule has 0 spiro atoms. The highest BCUT2D eigenvalue weighted by Crippen LogP contribution is 2.27. The predicted octanol–water partition coefficient (Wildman–Crippen LogP) is 1.51. The van der Waals surface area contributed by atoms with Crippen LogP contribution in [0.5, 0.6) is 5.75 Å². The summed E-state index contributed by atoms with van der Waals surface area (Å²) in [5.74, 6) is 0.539. The van der Waals surface area contributed by atoms with Gasteiger partial charge in [0.05, 0.1) is 30.2 Å². The fourth-order valence-corrected chi connectivity index (χ4v) is 1.63. The molecule has 1 amide bonds. The number of para-hydroxylation sites is 2. The van der Waals surface area contributed by atoms with E-state index in [0.29, 0.717) is 11.6 Å². The zero-order valence-corrected chi connectivity index (χ0v) is 10.4. The molecule has 0 radical (unpaired) electrons. The first-order valence-corrected chi connectivity index (χ1v) is 5.57. The Morgan fingerprint density at radius 1 is 1.37 bits per heavy atom. The van der Waals surface area contributed by atoms with E-state index in [-0.39, 0.29) is 11.3 Å². The number of aromatic nitrogens is 1. The van der Waals surface area contributed by atoms with Crippen molar-refractivity contribution >= 4 is 23.1 Å². The molecule has 6 heteroatoms. The van der Waals surface area contributed by atoms with E-state index in [1.165, 1.54) is 12.3 Å². The molecular formula is C13H14N4O2. The van der Waals surface area contributed by atoms with Crippen molar-refractivity contribution < 1.29 is 9.53 Å². The quantitative estimate of drug-likeness (QED) is 0.771. The van der Waals surface area contributed by atoms with Crippen LogP contribution >= 0.6 is 0 Å². The lowest BCUT2D eigenvalue weighted by atomic mass is 10.2. The van der Waals surface area contributed by atoms with Crippen molar-refractivity contribution in [3.63, 3.8) is 0 Å². The van der Waals surface area contributed by atoms with Gasteiger partial charge in [0.25, 0.3) is 5.91 Å². The molecule has 1 aromatic heterocycles. The molecule has 0 atom stereocenters. The van der Waals surface area contributed by atoms with Crippen molar-refractivity contribution in [2.75, 3.05) is 18.2 Å². The highest BCUT2D eigenvalue weighted by Gasteiger charge is 2.09. The second-order valence-electron chi connectivity index (χ2n) is 3.85. The van der Waals surface area contributed by atoms with Crippen molar-refractivity contribution in [3.8, 4) is 5.75 Å². The number of nitrogens with two attached hydrogens (primary N) is 2. The minimum atomic E-state index is -0.594. The lowest BCUT2D eigenvalue weighted by Gasteiger charge is -2.11. The minimum Gasteiger partial charge on any atom is -0.495 e. The van der Waals surface area contributed by atoms with Gasteiger partial charge in [-0.2, -0.15) is 0 Å². The van der Waals surface area contributed by atoms with Crippen LogP contribution in [0.3, 0.4) is 0 Å². The van der Waals surface area contributed by atoms with Gasteiger partial charge < -0.3 is 21.5 Å². The normalized spacial score (nSPS) is 9.95. The Morgan fingerprint density at radius 2 is 2.11 bits per heavy atom. The summed E-state index contributed by atoms with van der Waals surface area (Å²) in [5, 5.41) is 3.05. The molecule has 1 aromatic carbocycles. The van der Waals surface area contributed by atoms with E-state index in [4.69, 9.17) is 16.2 Å². The van der Waals surface area contributed by atoms with Crippen LogP contribution in [0.4, 0.5) is 17.2 Å². The number of anilines is 3. The van der Waals surface area contributed by atoms with Crippen LogP contribution in [0.25, 0.3) is 0 Å². The topological polar surface area (TPSA) is 103 Å². The van der Waals surface area contributed by atoms with Crippen LogP contribution in [-0.4, -0.2) is 18.0 Å². The summed E-state index contributed by atoms with van der Waals surface area (Å²) in [7, 11) is 1.58. The SMILES string of the molecule is COc1ccccc1Nc1cc(C(N)=O)c(N)cn1. The van der Waals surface area contributed by atoms with Gasteiger partial charge in [-0.15, -0.1) is 0 Å². The van der Waals surface area contributed by atoms with Crippen LogP contribution in [0.2, 0.25) is 0 Å². The number of carbonyl (C=O) groups excluding carboxylic acids is 1. The maximum atomic E-state index is 11.2. The van der Waals surface area contributed by atoms with Gasteiger partial charge in [0.15, 0.2) is 0 Å². The van der Waals surface area contributed by atoms with E-state index in [0.717, 1.165) is 5.69 Å². The van der Waals surface area contributed by atoms with Crippen LogP contribution < -0.4 is 21.5 Å². The molecule has 98 valence electrons. The molecular weight excluding hydrogens is 244 g/mol. The second kappa shape index (κ2) is 5.26. The maximum absolute atomic E-state index is 11.2. The Labute approximate surface area is 110 Å². The summed E-state index contributed by atoms with van der Waals surface area (Å²) >= 11 is 0. The minimum absolute atomic E-state index is 0.229. The van der Waals surface area contributed by atoms with Crippen molar-refractivity contribution in [2.45, 2.75) is 0 Å². The predicted molar refractivity (Wildman–Crippen MR) is 73.4 cm³/mol. The van der Waals surface area contributed by atoms with Crippen LogP contribution in [0.15, 0.2) is 36.5 Å². The molecule has 0 aliphatic rings. The molecule has 0 unspecified atom stereocenters. The van der Waals surface area contributed by atoms with E-state index < -0.39 is 5.91 Å². The van der Waals surface area contributed by atoms with Gasteiger partial charge in [0, 0.05) is 0 Å². The van der Waals surface area contributed by atoms with Crippen LogP contribution in [-0.2, 0) is 0 Å². The first-order chi connectivity index (χ1) is 9.11. The number of pyridine rings is 1. The van der Waals surface area contributed by atoms with E-state index in [2.05, 4.69) is 10.3 Å². The number of hydrogen-bond donors (Lipinski definition) is 3. The number of amides is 1. The average molecular weight is 258 g/mol. The lowest BCUT2D eigenvalue weighted by molar-refractivity contribution is 0.100. The van der Waals surface area contributed by atoms with Crippen LogP contribution in [0, 0.1) is 0 Å². The second-order valence-corrected chi connectivity index (χ2v) is 3.85. The fourth-order valence-electron chi connectivity index (χ4n) is 1.63. The Bertz CT molecular complexity index is 613. The summed E-state index contributed by atoms with van der Waals surface area (Å²) < 4.78 is 5.21. The van der Waals surface area contributed by atoms with E-state index in [9.17, 15) is 4.79 Å². The number of carbonyl (C=O) groups is 1. The largest absolute Gasteiger partial charge is 0.495 e. The van der Waals surface area contributed by atoms with Crippen molar-refractivity contribution in [2.24, 2.45) is 5.73 Å². The lowest BCUT2D eigenvalue weighted by Crippen LogP contribution is -2.14. The van der Waals surface area contributed by atoms with Gasteiger partial charge in [-0.3, -0.25) is 4.79 Å². The average Bonchev–Trinajstić information content (AvgIpc) is 2.41. The number of hydrogen-bond acceptors (Lipinski definition) is 5. The van der Waals surface area contributed by atoms with Gasteiger partial charge in [-0.1, -0.05) is 12.1 Å². The molecule has 0 aliphatic heterocycles. The maximum Gasteiger partial charge on any atom is 0.250 e. The molecule has 5 N–H and O–H groups in total. The Morgan fingerprint density at radius 3 is 2.79 bits per heavy atom. The Balaban J connectivity index is 2.33. The molecule has 0 saturated heterocycles. The fraction of sp³-hybridized carbons (Fsp3) is 0.0769. The van der Waals surface area contributed by atoms with Crippen molar-refractivity contribution in [3.05, 3.63) is 42.1 Å². The van der Waals surface area contributed by atoms with Gasteiger partial charge in [0.2, 0.25) is 0 Å². The third kappa shape index (κ3) is 2.74. The van der Waals surface area contributed by atoms with Crippen LogP contribution in [0.1, 0.15) is 10.4 Å². The number of benzene rings is 1. The number of rotatable bonds is 4. The first-order valence-electron chi connectivity index (χ1n) is 5.57. The van der Waals surface area contributed by atoms with E-state index >= 15 is 0 Å². The van der Waals surface area contributed by atoms with E-state index in [1.54, 1.807) is 7.11 Å². The van der Waals surface area contributed by atoms with Crippen molar-refractivity contribution in [1.29, 1.82) is 0 Å². The molecule has 19 heavy (non-hydrogen) atoms. The van der Waals surface area contributed by atoms with E-state index in [1.807, 2.05) is 24.3 Å².